The van der Waals surface area contributed by atoms with Crippen molar-refractivity contribution in [2.75, 3.05) is 6.61 Å². The minimum atomic E-state index is -0.518. The van der Waals surface area contributed by atoms with Gasteiger partial charge < -0.3 is 9.84 Å². The standard InChI is InChI=1S/C15H14FNO3S/c1-2-20-15(19)10-5-6-12-13(10)17-14(21-12)9-4-3-8(18)7-11(9)16/h3-4,7,10,18H,2,5-6H2,1H3. The van der Waals surface area contributed by atoms with Gasteiger partial charge in [-0.05, 0) is 31.9 Å². The second-order valence-corrected chi connectivity index (χ2v) is 5.92. The number of aromatic hydroxyl groups is 1. The number of ether oxygens (including phenoxy) is 1. The van der Waals surface area contributed by atoms with E-state index in [0.717, 1.165) is 17.4 Å². The van der Waals surface area contributed by atoms with Crippen LogP contribution >= 0.6 is 11.3 Å². The predicted octanol–water partition coefficient (Wildman–Crippen LogP) is 3.25. The molecule has 1 atom stereocenters. The maximum Gasteiger partial charge on any atom is 0.315 e. The molecule has 1 aromatic heterocycles. The lowest BCUT2D eigenvalue weighted by Gasteiger charge is -2.07. The van der Waals surface area contributed by atoms with Crippen LogP contribution in [0.15, 0.2) is 18.2 Å². The van der Waals surface area contributed by atoms with Gasteiger partial charge in [-0.25, -0.2) is 9.37 Å². The van der Waals surface area contributed by atoms with Crippen LogP contribution < -0.4 is 0 Å². The molecule has 0 aliphatic heterocycles. The number of aryl methyl sites for hydroxylation is 1. The zero-order valence-electron chi connectivity index (χ0n) is 11.4. The smallest absolute Gasteiger partial charge is 0.315 e. The fourth-order valence-electron chi connectivity index (χ4n) is 2.49. The number of halogens is 1. The molecule has 1 N–H and O–H groups in total. The number of aromatic nitrogens is 1. The summed E-state index contributed by atoms with van der Waals surface area (Å²) in [5.41, 5.74) is 1.05. The number of carbonyl (C=O) groups excluding carboxylic acids is 1. The molecule has 2 aromatic rings. The highest BCUT2D eigenvalue weighted by Gasteiger charge is 2.34. The zero-order chi connectivity index (χ0) is 15.0. The number of carbonyl (C=O) groups is 1. The third-order valence-corrected chi connectivity index (χ3v) is 4.64. The molecule has 1 heterocycles. The zero-order valence-corrected chi connectivity index (χ0v) is 12.2. The summed E-state index contributed by atoms with van der Waals surface area (Å²) in [6.07, 6.45) is 1.46. The fraction of sp³-hybridized carbons (Fsp3) is 0.333. The number of phenols is 1. The van der Waals surface area contributed by atoms with Crippen molar-refractivity contribution in [3.63, 3.8) is 0 Å². The average Bonchev–Trinajstić information content (AvgIpc) is 2.98. The quantitative estimate of drug-likeness (QED) is 0.884. The van der Waals surface area contributed by atoms with Gasteiger partial charge in [-0.2, -0.15) is 0 Å². The second kappa shape index (κ2) is 5.44. The molecule has 1 aliphatic rings. The van der Waals surface area contributed by atoms with E-state index >= 15 is 0 Å². The molecule has 110 valence electrons. The molecule has 0 radical (unpaired) electrons. The van der Waals surface area contributed by atoms with Crippen LogP contribution in [0, 0.1) is 5.82 Å². The lowest BCUT2D eigenvalue weighted by atomic mass is 10.1. The molecule has 0 spiro atoms. The molecule has 1 aromatic carbocycles. The molecule has 0 fully saturated rings. The van der Waals surface area contributed by atoms with E-state index in [9.17, 15) is 14.3 Å². The number of phenolic OH excluding ortho intramolecular Hbond substituents is 1. The van der Waals surface area contributed by atoms with E-state index < -0.39 is 5.82 Å². The fourth-order valence-corrected chi connectivity index (χ4v) is 3.66. The first-order chi connectivity index (χ1) is 10.1. The third-order valence-electron chi connectivity index (χ3n) is 3.47. The van der Waals surface area contributed by atoms with E-state index in [4.69, 9.17) is 4.74 Å². The van der Waals surface area contributed by atoms with Crippen LogP contribution in [0.3, 0.4) is 0 Å². The monoisotopic (exact) mass is 307 g/mol. The number of hydrogen-bond acceptors (Lipinski definition) is 5. The average molecular weight is 307 g/mol. The molecular formula is C15H14FNO3S. The Morgan fingerprint density at radius 1 is 1.57 bits per heavy atom. The highest BCUT2D eigenvalue weighted by Crippen LogP contribution is 2.41. The molecular weight excluding hydrogens is 293 g/mol. The van der Waals surface area contributed by atoms with E-state index in [1.807, 2.05) is 0 Å². The number of esters is 1. The van der Waals surface area contributed by atoms with E-state index in [2.05, 4.69) is 4.98 Å². The molecule has 6 heteroatoms. The number of benzene rings is 1. The van der Waals surface area contributed by atoms with Crippen molar-refractivity contribution >= 4 is 17.3 Å². The van der Waals surface area contributed by atoms with Crippen molar-refractivity contribution in [2.24, 2.45) is 0 Å². The predicted molar refractivity (Wildman–Crippen MR) is 76.9 cm³/mol. The molecule has 0 bridgehead atoms. The van der Waals surface area contributed by atoms with E-state index in [1.54, 1.807) is 6.92 Å². The van der Waals surface area contributed by atoms with Crippen molar-refractivity contribution in [1.29, 1.82) is 0 Å². The van der Waals surface area contributed by atoms with Gasteiger partial charge in [-0.3, -0.25) is 4.79 Å². The van der Waals surface area contributed by atoms with Crippen molar-refractivity contribution in [3.8, 4) is 16.3 Å². The van der Waals surface area contributed by atoms with Crippen LogP contribution in [0.25, 0.3) is 10.6 Å². The lowest BCUT2D eigenvalue weighted by molar-refractivity contribution is -0.145. The second-order valence-electron chi connectivity index (χ2n) is 4.83. The van der Waals surface area contributed by atoms with Gasteiger partial charge in [0, 0.05) is 16.5 Å². The van der Waals surface area contributed by atoms with Crippen molar-refractivity contribution < 1.29 is 19.0 Å². The molecule has 1 unspecified atom stereocenters. The summed E-state index contributed by atoms with van der Waals surface area (Å²) >= 11 is 1.39. The highest BCUT2D eigenvalue weighted by molar-refractivity contribution is 7.15. The van der Waals surface area contributed by atoms with Crippen molar-refractivity contribution in [1.82, 2.24) is 4.98 Å². The van der Waals surface area contributed by atoms with Gasteiger partial charge in [0.1, 0.15) is 22.5 Å². The van der Waals surface area contributed by atoms with Crippen molar-refractivity contribution in [3.05, 3.63) is 34.6 Å². The van der Waals surface area contributed by atoms with E-state index in [0.29, 0.717) is 29.3 Å². The topological polar surface area (TPSA) is 59.4 Å². The van der Waals surface area contributed by atoms with Crippen molar-refractivity contribution in [2.45, 2.75) is 25.7 Å². The first-order valence-corrected chi connectivity index (χ1v) is 7.57. The van der Waals surface area contributed by atoms with Crippen LogP contribution in [-0.4, -0.2) is 22.7 Å². The maximum atomic E-state index is 13.9. The van der Waals surface area contributed by atoms with Crippen LogP contribution in [0.1, 0.15) is 29.8 Å². The summed E-state index contributed by atoms with van der Waals surface area (Å²) in [7, 11) is 0. The highest BCUT2D eigenvalue weighted by atomic mass is 32.1. The lowest BCUT2D eigenvalue weighted by Crippen LogP contribution is -2.14. The summed E-state index contributed by atoms with van der Waals surface area (Å²) in [5.74, 6) is -1.25. The Bertz CT molecular complexity index is 698. The number of rotatable bonds is 3. The Labute approximate surface area is 125 Å². The molecule has 21 heavy (non-hydrogen) atoms. The van der Waals surface area contributed by atoms with Gasteiger partial charge in [-0.1, -0.05) is 0 Å². The Morgan fingerprint density at radius 3 is 3.10 bits per heavy atom. The number of fused-ring (bicyclic) bond motifs is 1. The third kappa shape index (κ3) is 2.51. The van der Waals surface area contributed by atoms with Gasteiger partial charge in [0.25, 0.3) is 0 Å². The molecule has 1 aliphatic carbocycles. The Morgan fingerprint density at radius 2 is 2.38 bits per heavy atom. The number of nitrogens with zero attached hydrogens (tertiary/aromatic N) is 1. The van der Waals surface area contributed by atoms with E-state index in [-0.39, 0.29) is 17.6 Å². The maximum absolute atomic E-state index is 13.9. The number of hydrogen-bond donors (Lipinski definition) is 1. The van der Waals surface area contributed by atoms with Crippen LogP contribution in [0.5, 0.6) is 5.75 Å². The molecule has 0 amide bonds. The Hall–Kier alpha value is -1.95. The first kappa shape index (κ1) is 14.0. The minimum Gasteiger partial charge on any atom is -0.508 e. The van der Waals surface area contributed by atoms with Gasteiger partial charge in [0.15, 0.2) is 0 Å². The normalized spacial score (nSPS) is 16.8. The SMILES string of the molecule is CCOC(=O)C1CCc2sc(-c3ccc(O)cc3F)nc21. The van der Waals surface area contributed by atoms with E-state index in [1.165, 1.54) is 23.5 Å². The van der Waals surface area contributed by atoms with Crippen LogP contribution in [0.2, 0.25) is 0 Å². The molecule has 0 saturated carbocycles. The van der Waals surface area contributed by atoms with Crippen LogP contribution in [-0.2, 0) is 16.0 Å². The largest absolute Gasteiger partial charge is 0.508 e. The Balaban J connectivity index is 1.95. The summed E-state index contributed by atoms with van der Waals surface area (Å²) in [4.78, 5) is 17.3. The molecule has 4 nitrogen and oxygen atoms in total. The molecule has 0 saturated heterocycles. The minimum absolute atomic E-state index is 0.121. The summed E-state index contributed by atoms with van der Waals surface area (Å²) in [6.45, 7) is 2.11. The summed E-state index contributed by atoms with van der Waals surface area (Å²) < 4.78 is 18.9. The van der Waals surface area contributed by atoms with Gasteiger partial charge in [0.05, 0.1) is 12.3 Å². The van der Waals surface area contributed by atoms with Gasteiger partial charge in [-0.15, -0.1) is 11.3 Å². The first-order valence-electron chi connectivity index (χ1n) is 6.75. The van der Waals surface area contributed by atoms with Gasteiger partial charge in [0.2, 0.25) is 0 Å². The molecule has 3 rings (SSSR count). The Kier molecular flexibility index (Phi) is 3.63. The van der Waals surface area contributed by atoms with Crippen LogP contribution in [0.4, 0.5) is 4.39 Å². The van der Waals surface area contributed by atoms with Gasteiger partial charge >= 0.3 is 5.97 Å². The number of thiazole rings is 1. The summed E-state index contributed by atoms with van der Waals surface area (Å²) in [6, 6.07) is 3.98. The summed E-state index contributed by atoms with van der Waals surface area (Å²) in [5, 5.41) is 9.79.